The number of pyridine rings is 1. The van der Waals surface area contributed by atoms with Crippen LogP contribution in [0.4, 0.5) is 13.2 Å². The number of nitrogens with two attached hydrogens (primary N) is 1. The van der Waals surface area contributed by atoms with Crippen LogP contribution in [-0.2, 0) is 6.18 Å². The second-order valence-electron chi connectivity index (χ2n) is 3.10. The van der Waals surface area contributed by atoms with Crippen molar-refractivity contribution >= 4 is 0 Å². The Morgan fingerprint density at radius 2 is 2.07 bits per heavy atom. The predicted molar refractivity (Wildman–Crippen MR) is 48.4 cm³/mol. The molecule has 0 spiro atoms. The van der Waals surface area contributed by atoms with Crippen LogP contribution in [0.1, 0.15) is 24.2 Å². The monoisotopic (exact) mass is 220 g/mol. The lowest BCUT2D eigenvalue weighted by molar-refractivity contribution is -0.141. The first kappa shape index (κ1) is 11.8. The minimum atomic E-state index is -4.46. The molecule has 0 aliphatic carbocycles. The molecule has 15 heavy (non-hydrogen) atoms. The van der Waals surface area contributed by atoms with Crippen LogP contribution < -0.4 is 10.5 Å². The summed E-state index contributed by atoms with van der Waals surface area (Å²) in [6, 6.07) is 0.368. The molecule has 6 heteroatoms. The molecule has 2 N–H and O–H groups in total. The third-order valence-corrected chi connectivity index (χ3v) is 1.90. The lowest BCUT2D eigenvalue weighted by Gasteiger charge is -2.13. The average molecular weight is 220 g/mol. The van der Waals surface area contributed by atoms with Crippen molar-refractivity contribution in [2.75, 3.05) is 7.11 Å². The number of alkyl halides is 3. The number of hydrogen-bond donors (Lipinski definition) is 1. The molecule has 0 aliphatic heterocycles. The van der Waals surface area contributed by atoms with Crippen LogP contribution in [0.15, 0.2) is 12.3 Å². The van der Waals surface area contributed by atoms with Crippen LogP contribution in [0.25, 0.3) is 0 Å². The van der Waals surface area contributed by atoms with Crippen molar-refractivity contribution in [3.8, 4) is 5.75 Å². The lowest BCUT2D eigenvalue weighted by Crippen LogP contribution is -2.13. The first-order valence-corrected chi connectivity index (χ1v) is 4.23. The minimum Gasteiger partial charge on any atom is -0.495 e. The molecule has 3 nitrogen and oxygen atoms in total. The van der Waals surface area contributed by atoms with Crippen molar-refractivity contribution in [2.45, 2.75) is 19.1 Å². The molecule has 1 aromatic heterocycles. The molecule has 0 amide bonds. The zero-order valence-electron chi connectivity index (χ0n) is 8.30. The van der Waals surface area contributed by atoms with E-state index >= 15 is 0 Å². The molecule has 0 fully saturated rings. The Hall–Kier alpha value is -1.30. The van der Waals surface area contributed by atoms with Crippen LogP contribution in [0, 0.1) is 0 Å². The lowest BCUT2D eigenvalue weighted by atomic mass is 10.1. The first-order valence-electron chi connectivity index (χ1n) is 4.23. The van der Waals surface area contributed by atoms with Crippen molar-refractivity contribution in [1.82, 2.24) is 4.98 Å². The second-order valence-corrected chi connectivity index (χ2v) is 3.10. The molecule has 0 bridgehead atoms. The van der Waals surface area contributed by atoms with E-state index in [0.717, 1.165) is 12.3 Å². The van der Waals surface area contributed by atoms with E-state index < -0.39 is 17.9 Å². The number of ether oxygens (including phenoxy) is 1. The zero-order valence-corrected chi connectivity index (χ0v) is 8.30. The SMILES string of the molecule is COc1cnc(C(F)(F)F)cc1[C@H](C)N. The summed E-state index contributed by atoms with van der Waals surface area (Å²) in [6.07, 6.45) is -3.43. The van der Waals surface area contributed by atoms with E-state index in [-0.39, 0.29) is 5.75 Å². The maximum absolute atomic E-state index is 12.3. The number of halogens is 3. The summed E-state index contributed by atoms with van der Waals surface area (Å²) in [5.74, 6) is 0.262. The molecule has 0 unspecified atom stereocenters. The summed E-state index contributed by atoms with van der Waals surface area (Å²) < 4.78 is 41.8. The third-order valence-electron chi connectivity index (χ3n) is 1.90. The minimum absolute atomic E-state index is 0.262. The highest BCUT2D eigenvalue weighted by Gasteiger charge is 2.33. The number of nitrogens with zero attached hydrogens (tertiary/aromatic N) is 1. The van der Waals surface area contributed by atoms with Gasteiger partial charge in [0.25, 0.3) is 0 Å². The molecule has 1 aromatic rings. The maximum Gasteiger partial charge on any atom is 0.433 e. The highest BCUT2D eigenvalue weighted by molar-refractivity contribution is 5.35. The fourth-order valence-corrected chi connectivity index (χ4v) is 1.14. The smallest absolute Gasteiger partial charge is 0.433 e. The number of methoxy groups -OCH3 is 1. The van der Waals surface area contributed by atoms with Gasteiger partial charge in [0.2, 0.25) is 0 Å². The molecule has 1 atom stereocenters. The summed E-state index contributed by atoms with van der Waals surface area (Å²) in [5.41, 5.74) is 4.86. The maximum atomic E-state index is 12.3. The summed E-state index contributed by atoms with van der Waals surface area (Å²) >= 11 is 0. The van der Waals surface area contributed by atoms with Gasteiger partial charge in [0.15, 0.2) is 0 Å². The van der Waals surface area contributed by atoms with E-state index in [4.69, 9.17) is 10.5 Å². The zero-order chi connectivity index (χ0) is 11.6. The second kappa shape index (κ2) is 4.06. The van der Waals surface area contributed by atoms with Gasteiger partial charge in [-0.25, -0.2) is 4.98 Å². The Labute approximate surface area is 85.1 Å². The largest absolute Gasteiger partial charge is 0.495 e. The Kier molecular flexibility index (Phi) is 3.18. The Bertz CT molecular complexity index is 350. The summed E-state index contributed by atoms with van der Waals surface area (Å²) in [4.78, 5) is 3.26. The molecular weight excluding hydrogens is 209 g/mol. The highest BCUT2D eigenvalue weighted by Crippen LogP contribution is 2.32. The van der Waals surface area contributed by atoms with E-state index in [9.17, 15) is 13.2 Å². The molecule has 84 valence electrons. The van der Waals surface area contributed by atoms with Crippen LogP contribution >= 0.6 is 0 Å². The molecule has 1 rings (SSSR count). The molecule has 0 aliphatic rings. The topological polar surface area (TPSA) is 48.1 Å². The van der Waals surface area contributed by atoms with E-state index in [2.05, 4.69) is 4.98 Å². The van der Waals surface area contributed by atoms with Gasteiger partial charge in [-0.3, -0.25) is 0 Å². The van der Waals surface area contributed by atoms with Crippen molar-refractivity contribution in [2.24, 2.45) is 5.73 Å². The van der Waals surface area contributed by atoms with Gasteiger partial charge in [0, 0.05) is 11.6 Å². The highest BCUT2D eigenvalue weighted by atomic mass is 19.4. The number of hydrogen-bond acceptors (Lipinski definition) is 3. The fourth-order valence-electron chi connectivity index (χ4n) is 1.14. The predicted octanol–water partition coefficient (Wildman–Crippen LogP) is 2.13. The third kappa shape index (κ3) is 2.59. The molecular formula is C9H11F3N2O. The number of rotatable bonds is 2. The number of aromatic nitrogens is 1. The average Bonchev–Trinajstić information content (AvgIpc) is 2.15. The van der Waals surface area contributed by atoms with Gasteiger partial charge in [-0.05, 0) is 13.0 Å². The Balaban J connectivity index is 3.22. The summed E-state index contributed by atoms with van der Waals surface area (Å²) in [7, 11) is 1.36. The van der Waals surface area contributed by atoms with Gasteiger partial charge in [-0.15, -0.1) is 0 Å². The van der Waals surface area contributed by atoms with Crippen LogP contribution in [-0.4, -0.2) is 12.1 Å². The van der Waals surface area contributed by atoms with Gasteiger partial charge < -0.3 is 10.5 Å². The summed E-state index contributed by atoms with van der Waals surface area (Å²) in [5, 5.41) is 0. The van der Waals surface area contributed by atoms with Crippen molar-refractivity contribution in [3.63, 3.8) is 0 Å². The van der Waals surface area contributed by atoms with Crippen molar-refractivity contribution < 1.29 is 17.9 Å². The first-order chi connectivity index (χ1) is 6.86. The van der Waals surface area contributed by atoms with E-state index in [1.165, 1.54) is 7.11 Å². The summed E-state index contributed by atoms with van der Waals surface area (Å²) in [6.45, 7) is 1.58. The van der Waals surface area contributed by atoms with E-state index in [1.807, 2.05) is 0 Å². The molecule has 0 saturated carbocycles. The van der Waals surface area contributed by atoms with Gasteiger partial charge in [0.05, 0.1) is 13.3 Å². The normalized spacial score (nSPS) is 13.7. The standard InChI is InChI=1S/C9H11F3N2O/c1-5(13)6-3-8(9(10,11)12)14-4-7(6)15-2/h3-5H,13H2,1-2H3/t5-/m0/s1. The molecule has 0 saturated heterocycles. The van der Waals surface area contributed by atoms with Crippen molar-refractivity contribution in [1.29, 1.82) is 0 Å². The van der Waals surface area contributed by atoms with Gasteiger partial charge in [0.1, 0.15) is 11.4 Å². The van der Waals surface area contributed by atoms with E-state index in [0.29, 0.717) is 5.56 Å². The van der Waals surface area contributed by atoms with Crippen LogP contribution in [0.3, 0.4) is 0 Å². The van der Waals surface area contributed by atoms with Crippen LogP contribution in [0.5, 0.6) is 5.75 Å². The van der Waals surface area contributed by atoms with E-state index in [1.54, 1.807) is 6.92 Å². The van der Waals surface area contributed by atoms with Gasteiger partial charge in [-0.1, -0.05) is 0 Å². The molecule has 0 radical (unpaired) electrons. The Morgan fingerprint density at radius 3 is 2.47 bits per heavy atom. The molecule has 1 heterocycles. The fraction of sp³-hybridized carbons (Fsp3) is 0.444. The van der Waals surface area contributed by atoms with Gasteiger partial charge >= 0.3 is 6.18 Å². The van der Waals surface area contributed by atoms with Crippen molar-refractivity contribution in [3.05, 3.63) is 23.5 Å². The Morgan fingerprint density at radius 1 is 1.47 bits per heavy atom. The molecule has 0 aromatic carbocycles. The van der Waals surface area contributed by atoms with Gasteiger partial charge in [-0.2, -0.15) is 13.2 Å². The van der Waals surface area contributed by atoms with Crippen LogP contribution in [0.2, 0.25) is 0 Å². The quantitative estimate of drug-likeness (QED) is 0.830.